The molecule has 0 bridgehead atoms. The number of halogens is 1. The number of aromatic hydroxyl groups is 1. The number of carbonyl (C=O) groups excluding carboxylic acids is 3. The topological polar surface area (TPSA) is 114 Å². The number of amides is 1. The van der Waals surface area contributed by atoms with Crippen LogP contribution in [-0.4, -0.2) is 31.9 Å². The quantitative estimate of drug-likeness (QED) is 0.170. The molecule has 0 aliphatic carbocycles. The third-order valence-corrected chi connectivity index (χ3v) is 8.29. The summed E-state index contributed by atoms with van der Waals surface area (Å²) in [5.41, 5.74) is 3.31. The standard InChI is InChI=1S/C37H39FN2O5.2CH2O/c1-6-37(3,4)22-31-24(2)35(29-20-19-28(21-30(29)38)44-23-25-11-8-7-9-12-25)40(32-13-10-14-33(41)34(32)39-31)36(42)45-27-17-15-26(43-5)16-18-27;2*1-2/h7-21,35,39,41H,6,22-23H2,1-5H3;2*1H2. The lowest BCUT2D eigenvalue weighted by atomic mass is 9.83. The van der Waals surface area contributed by atoms with Gasteiger partial charge in [-0.2, -0.15) is 0 Å². The average molecular weight is 671 g/mol. The van der Waals surface area contributed by atoms with E-state index < -0.39 is 18.0 Å². The van der Waals surface area contributed by atoms with Crippen molar-refractivity contribution < 1.29 is 38.1 Å². The Balaban J connectivity index is 0.00000157. The van der Waals surface area contributed by atoms with Crippen LogP contribution >= 0.6 is 0 Å². The lowest BCUT2D eigenvalue weighted by Crippen LogP contribution is -2.38. The minimum Gasteiger partial charge on any atom is -0.506 e. The van der Waals surface area contributed by atoms with Gasteiger partial charge in [0, 0.05) is 17.3 Å². The van der Waals surface area contributed by atoms with Crippen molar-refractivity contribution in [3.63, 3.8) is 0 Å². The van der Waals surface area contributed by atoms with Crippen LogP contribution in [0.15, 0.2) is 102 Å². The van der Waals surface area contributed by atoms with Crippen molar-refractivity contribution in [2.24, 2.45) is 5.41 Å². The molecule has 9 nitrogen and oxygen atoms in total. The summed E-state index contributed by atoms with van der Waals surface area (Å²) in [6.45, 7) is 12.6. The Morgan fingerprint density at radius 3 is 2.16 bits per heavy atom. The highest BCUT2D eigenvalue weighted by Crippen LogP contribution is 2.48. The average Bonchev–Trinajstić information content (AvgIpc) is 3.24. The van der Waals surface area contributed by atoms with Gasteiger partial charge in [-0.25, -0.2) is 9.18 Å². The SMILES string of the molecule is C=O.C=O.CCC(C)(C)CC1=C(C)C(c2ccc(OCc3ccccc3)cc2F)N(C(=O)Oc2ccc(OC)cc2)c2cccc(O)c2N1. The Morgan fingerprint density at radius 2 is 1.55 bits per heavy atom. The number of anilines is 2. The molecule has 1 heterocycles. The monoisotopic (exact) mass is 670 g/mol. The Morgan fingerprint density at radius 1 is 0.918 bits per heavy atom. The van der Waals surface area contributed by atoms with Crippen molar-refractivity contribution in [3.05, 3.63) is 119 Å². The molecule has 0 radical (unpaired) electrons. The number of benzene rings is 4. The molecule has 0 aromatic heterocycles. The van der Waals surface area contributed by atoms with Crippen molar-refractivity contribution in [2.75, 3.05) is 17.3 Å². The number of nitrogens with one attached hydrogen (secondary N) is 1. The molecule has 258 valence electrons. The molecule has 1 amide bonds. The molecule has 0 fully saturated rings. The molecule has 1 aliphatic rings. The summed E-state index contributed by atoms with van der Waals surface area (Å²) >= 11 is 0. The first-order valence-corrected chi connectivity index (χ1v) is 15.6. The largest absolute Gasteiger partial charge is 0.506 e. The number of nitrogens with zero attached hydrogens (tertiary/aromatic N) is 1. The second kappa shape index (κ2) is 17.5. The van der Waals surface area contributed by atoms with E-state index in [0.717, 1.165) is 23.3 Å². The lowest BCUT2D eigenvalue weighted by Gasteiger charge is -2.32. The van der Waals surface area contributed by atoms with E-state index in [0.29, 0.717) is 29.3 Å². The lowest BCUT2D eigenvalue weighted by molar-refractivity contribution is -0.0987. The van der Waals surface area contributed by atoms with Crippen LogP contribution < -0.4 is 24.4 Å². The van der Waals surface area contributed by atoms with Crippen molar-refractivity contribution in [2.45, 2.75) is 53.2 Å². The molecule has 4 aromatic rings. The molecule has 0 spiro atoms. The maximum absolute atomic E-state index is 16.2. The predicted molar refractivity (Wildman–Crippen MR) is 189 cm³/mol. The smallest absolute Gasteiger partial charge is 0.420 e. The van der Waals surface area contributed by atoms with E-state index in [4.69, 9.17) is 23.8 Å². The first-order valence-electron chi connectivity index (χ1n) is 15.6. The van der Waals surface area contributed by atoms with Gasteiger partial charge in [0.15, 0.2) is 0 Å². The molecular weight excluding hydrogens is 627 g/mol. The van der Waals surface area contributed by atoms with Gasteiger partial charge in [-0.3, -0.25) is 4.90 Å². The fourth-order valence-corrected chi connectivity index (χ4v) is 5.32. The van der Waals surface area contributed by atoms with Crippen LogP contribution in [-0.2, 0) is 16.2 Å². The van der Waals surface area contributed by atoms with Gasteiger partial charge in [0.25, 0.3) is 0 Å². The fraction of sp³-hybridized carbons (Fsp3) is 0.256. The van der Waals surface area contributed by atoms with Crippen LogP contribution in [0.25, 0.3) is 0 Å². The minimum absolute atomic E-state index is 0.0415. The molecule has 49 heavy (non-hydrogen) atoms. The molecular formula is C39H43FN2O7. The zero-order valence-electron chi connectivity index (χ0n) is 28.5. The van der Waals surface area contributed by atoms with Crippen LogP contribution in [0.5, 0.6) is 23.0 Å². The molecule has 1 atom stereocenters. The summed E-state index contributed by atoms with van der Waals surface area (Å²) < 4.78 is 33.2. The first kappa shape index (κ1) is 37.8. The summed E-state index contributed by atoms with van der Waals surface area (Å²) in [6, 6.07) is 25.0. The second-order valence-electron chi connectivity index (χ2n) is 11.9. The highest BCUT2D eigenvalue weighted by atomic mass is 19.1. The fourth-order valence-electron chi connectivity index (χ4n) is 5.32. The highest BCUT2D eigenvalue weighted by molar-refractivity contribution is 5.97. The van der Waals surface area contributed by atoms with E-state index in [1.54, 1.807) is 61.7 Å². The third-order valence-electron chi connectivity index (χ3n) is 8.29. The maximum Gasteiger partial charge on any atom is 0.420 e. The number of carbonyl (C=O) groups is 3. The second-order valence-corrected chi connectivity index (χ2v) is 11.9. The van der Waals surface area contributed by atoms with E-state index in [2.05, 4.69) is 26.1 Å². The summed E-state index contributed by atoms with van der Waals surface area (Å²) in [6.07, 6.45) is 0.744. The van der Waals surface area contributed by atoms with Crippen molar-refractivity contribution >= 4 is 31.0 Å². The summed E-state index contributed by atoms with van der Waals surface area (Å²) in [5.74, 6) is 0.689. The van der Waals surface area contributed by atoms with E-state index in [1.807, 2.05) is 50.8 Å². The Labute approximate surface area is 286 Å². The van der Waals surface area contributed by atoms with Gasteiger partial charge in [-0.15, -0.1) is 0 Å². The highest BCUT2D eigenvalue weighted by Gasteiger charge is 2.38. The number of phenolic OH excluding ortho intramolecular Hbond substituents is 1. The number of rotatable bonds is 9. The van der Waals surface area contributed by atoms with Crippen LogP contribution in [0.2, 0.25) is 0 Å². The van der Waals surface area contributed by atoms with Gasteiger partial charge < -0.3 is 34.2 Å². The Kier molecular flexibility index (Phi) is 13.5. The number of hydrogen-bond donors (Lipinski definition) is 2. The van der Waals surface area contributed by atoms with Gasteiger partial charge in [-0.05, 0) is 78.4 Å². The minimum atomic E-state index is -0.905. The molecule has 1 unspecified atom stereocenters. The predicted octanol–water partition coefficient (Wildman–Crippen LogP) is 9.02. The van der Waals surface area contributed by atoms with E-state index in [9.17, 15) is 9.90 Å². The number of allylic oxidation sites excluding steroid dienone is 1. The van der Waals surface area contributed by atoms with E-state index >= 15 is 4.39 Å². The van der Waals surface area contributed by atoms with Crippen LogP contribution in [0.3, 0.4) is 0 Å². The summed E-state index contributed by atoms with van der Waals surface area (Å²) in [5, 5.41) is 14.4. The molecule has 2 N–H and O–H groups in total. The van der Waals surface area contributed by atoms with Gasteiger partial charge >= 0.3 is 6.09 Å². The molecule has 0 saturated heterocycles. The van der Waals surface area contributed by atoms with Crippen LogP contribution in [0, 0.1) is 11.2 Å². The van der Waals surface area contributed by atoms with Gasteiger partial charge in [0.05, 0.1) is 18.8 Å². The van der Waals surface area contributed by atoms with Crippen molar-refractivity contribution in [1.29, 1.82) is 0 Å². The summed E-state index contributed by atoms with van der Waals surface area (Å²) in [7, 11) is 1.55. The zero-order valence-corrected chi connectivity index (χ0v) is 28.5. The number of phenols is 1. The number of ether oxygens (including phenoxy) is 3. The van der Waals surface area contributed by atoms with Gasteiger partial charge in [0.1, 0.15) is 54.7 Å². The number of para-hydroxylation sites is 1. The molecule has 10 heteroatoms. The Bertz CT molecular complexity index is 1720. The van der Waals surface area contributed by atoms with Gasteiger partial charge in [-0.1, -0.05) is 63.6 Å². The molecule has 1 aliphatic heterocycles. The van der Waals surface area contributed by atoms with Crippen molar-refractivity contribution in [3.8, 4) is 23.0 Å². The van der Waals surface area contributed by atoms with Crippen LogP contribution in [0.4, 0.5) is 20.6 Å². The molecule has 0 saturated carbocycles. The normalized spacial score (nSPS) is 13.7. The van der Waals surface area contributed by atoms with E-state index in [-0.39, 0.29) is 29.1 Å². The van der Waals surface area contributed by atoms with Gasteiger partial charge in [0.2, 0.25) is 0 Å². The zero-order chi connectivity index (χ0) is 36.1. The van der Waals surface area contributed by atoms with Crippen molar-refractivity contribution in [1.82, 2.24) is 0 Å². The molecule has 4 aromatic carbocycles. The maximum atomic E-state index is 16.2. The molecule has 5 rings (SSSR count). The van der Waals surface area contributed by atoms with Crippen LogP contribution in [0.1, 0.15) is 57.7 Å². The number of fused-ring (bicyclic) bond motifs is 1. The number of hydrogen-bond acceptors (Lipinski definition) is 8. The number of methoxy groups -OCH3 is 1. The summed E-state index contributed by atoms with van der Waals surface area (Å²) in [4.78, 5) is 31.6. The Hall–Kier alpha value is -5.64. The third kappa shape index (κ3) is 9.25. The first-order chi connectivity index (χ1) is 23.6. The van der Waals surface area contributed by atoms with E-state index in [1.165, 1.54) is 11.0 Å².